The van der Waals surface area contributed by atoms with E-state index in [1.807, 2.05) is 55.9 Å². The third kappa shape index (κ3) is 2.40. The molecular formula is C19H24N4O2. The largest absolute Gasteiger partial charge is 0.372 e. The summed E-state index contributed by atoms with van der Waals surface area (Å²) in [4.78, 5) is 17.0. The summed E-state index contributed by atoms with van der Waals surface area (Å²) < 4.78 is 7.87. The summed E-state index contributed by atoms with van der Waals surface area (Å²) in [6.45, 7) is 6.44. The predicted octanol–water partition coefficient (Wildman–Crippen LogP) is 2.32. The van der Waals surface area contributed by atoms with Crippen molar-refractivity contribution in [3.8, 4) is 5.69 Å². The van der Waals surface area contributed by atoms with Crippen LogP contribution in [-0.4, -0.2) is 33.7 Å². The van der Waals surface area contributed by atoms with Gasteiger partial charge >= 0.3 is 0 Å². The molecule has 0 spiro atoms. The molecule has 2 aromatic rings. The van der Waals surface area contributed by atoms with E-state index in [-0.39, 0.29) is 17.6 Å². The van der Waals surface area contributed by atoms with Crippen LogP contribution in [0.4, 0.5) is 5.69 Å². The summed E-state index contributed by atoms with van der Waals surface area (Å²) in [5.74, 6) is 0.0312. The van der Waals surface area contributed by atoms with E-state index in [1.165, 1.54) is 0 Å². The fourth-order valence-electron chi connectivity index (χ4n) is 3.99. The van der Waals surface area contributed by atoms with Crippen LogP contribution in [0.5, 0.6) is 0 Å². The molecule has 1 saturated carbocycles. The average Bonchev–Trinajstić information content (AvgIpc) is 3.22. The summed E-state index contributed by atoms with van der Waals surface area (Å²) in [5.41, 5.74) is 9.24. The topological polar surface area (TPSA) is 82.2 Å². The van der Waals surface area contributed by atoms with Crippen molar-refractivity contribution in [1.29, 1.82) is 0 Å². The molecule has 132 valence electrons. The molecule has 1 unspecified atom stereocenters. The molecule has 5 rings (SSSR count). The number of imidazole rings is 1. The minimum atomic E-state index is -0.412. The van der Waals surface area contributed by atoms with Crippen LogP contribution in [0.3, 0.4) is 0 Å². The van der Waals surface area contributed by atoms with Gasteiger partial charge in [0.1, 0.15) is 0 Å². The zero-order valence-corrected chi connectivity index (χ0v) is 14.9. The summed E-state index contributed by atoms with van der Waals surface area (Å²) in [5, 5.41) is 3.03. The molecule has 1 aromatic heterocycles. The highest BCUT2D eigenvalue weighted by atomic mass is 16.5. The summed E-state index contributed by atoms with van der Waals surface area (Å²) >= 11 is 0. The number of benzene rings is 1. The fraction of sp³-hybridized carbons (Fsp3) is 0.474. The molecule has 0 radical (unpaired) electrons. The molecule has 2 bridgehead atoms. The third-order valence-electron chi connectivity index (χ3n) is 5.88. The number of carbonyl (C=O) groups is 1. The van der Waals surface area contributed by atoms with Crippen molar-refractivity contribution in [2.75, 3.05) is 11.9 Å². The van der Waals surface area contributed by atoms with E-state index in [2.05, 4.69) is 10.3 Å². The SMILES string of the molecule is Cc1ncn(-c2ccc(NC(=O)C34COC(C(C)N)(C3)C4)cc2)c1C. The molecule has 3 N–H and O–H groups in total. The highest BCUT2D eigenvalue weighted by Gasteiger charge is 2.67. The normalized spacial score (nSPS) is 28.5. The maximum Gasteiger partial charge on any atom is 0.233 e. The number of fused-ring (bicyclic) bond motifs is 1. The standard InChI is InChI=1S/C19H24N4O2/c1-12-13(2)23(11-21-12)16-6-4-15(5-7-16)22-17(24)18-8-19(9-18,14(3)20)25-10-18/h4-7,11,14H,8-10,20H2,1-3H3,(H,22,24). The van der Waals surface area contributed by atoms with Crippen molar-refractivity contribution >= 4 is 11.6 Å². The van der Waals surface area contributed by atoms with Gasteiger partial charge in [-0.15, -0.1) is 0 Å². The lowest BCUT2D eigenvalue weighted by Crippen LogP contribution is -2.58. The molecule has 6 nitrogen and oxygen atoms in total. The minimum absolute atomic E-state index is 0.0312. The first-order valence-electron chi connectivity index (χ1n) is 8.67. The Hall–Kier alpha value is -2.18. The number of anilines is 1. The number of aryl methyl sites for hydroxylation is 1. The lowest BCUT2D eigenvalue weighted by atomic mass is 9.59. The van der Waals surface area contributed by atoms with Gasteiger partial charge in [0.05, 0.1) is 29.6 Å². The van der Waals surface area contributed by atoms with Crippen LogP contribution in [-0.2, 0) is 9.53 Å². The van der Waals surface area contributed by atoms with Gasteiger partial charge in [0.15, 0.2) is 0 Å². The van der Waals surface area contributed by atoms with Crippen molar-refractivity contribution < 1.29 is 9.53 Å². The number of nitrogens with zero attached hydrogens (tertiary/aromatic N) is 2. The van der Waals surface area contributed by atoms with Crippen LogP contribution >= 0.6 is 0 Å². The van der Waals surface area contributed by atoms with Gasteiger partial charge in [-0.1, -0.05) is 0 Å². The van der Waals surface area contributed by atoms with E-state index in [0.29, 0.717) is 6.61 Å². The molecule has 25 heavy (non-hydrogen) atoms. The Morgan fingerprint density at radius 2 is 2.00 bits per heavy atom. The Morgan fingerprint density at radius 3 is 2.52 bits per heavy atom. The van der Waals surface area contributed by atoms with E-state index in [0.717, 1.165) is 35.6 Å². The van der Waals surface area contributed by atoms with Crippen molar-refractivity contribution in [3.63, 3.8) is 0 Å². The van der Waals surface area contributed by atoms with Crippen molar-refractivity contribution in [2.45, 2.75) is 45.3 Å². The van der Waals surface area contributed by atoms with Crippen LogP contribution < -0.4 is 11.1 Å². The van der Waals surface area contributed by atoms with E-state index in [4.69, 9.17) is 10.5 Å². The number of aromatic nitrogens is 2. The molecule has 2 aliphatic heterocycles. The first-order chi connectivity index (χ1) is 11.9. The molecule has 1 atom stereocenters. The van der Waals surface area contributed by atoms with Crippen LogP contribution in [0.25, 0.3) is 5.69 Å². The fourth-order valence-corrected chi connectivity index (χ4v) is 3.99. The Kier molecular flexibility index (Phi) is 3.53. The number of ether oxygens (including phenoxy) is 1. The predicted molar refractivity (Wildman–Crippen MR) is 95.7 cm³/mol. The van der Waals surface area contributed by atoms with E-state index < -0.39 is 5.41 Å². The van der Waals surface area contributed by atoms with Crippen LogP contribution in [0, 0.1) is 19.3 Å². The van der Waals surface area contributed by atoms with E-state index in [1.54, 1.807) is 0 Å². The van der Waals surface area contributed by atoms with Crippen LogP contribution in [0.1, 0.15) is 31.2 Å². The number of hydrogen-bond acceptors (Lipinski definition) is 4. The smallest absolute Gasteiger partial charge is 0.233 e. The first kappa shape index (κ1) is 16.3. The number of nitrogens with two attached hydrogens (primary N) is 1. The van der Waals surface area contributed by atoms with E-state index in [9.17, 15) is 4.79 Å². The second kappa shape index (κ2) is 5.41. The van der Waals surface area contributed by atoms with Gasteiger partial charge in [0.2, 0.25) is 5.91 Å². The molecule has 1 aliphatic carbocycles. The molecule has 3 fully saturated rings. The third-order valence-corrected chi connectivity index (χ3v) is 5.88. The molecule has 1 amide bonds. The van der Waals surface area contributed by atoms with Gasteiger partial charge in [0.25, 0.3) is 0 Å². The maximum absolute atomic E-state index is 12.7. The molecule has 1 aromatic carbocycles. The number of nitrogens with one attached hydrogen (secondary N) is 1. The van der Waals surface area contributed by atoms with Crippen molar-refractivity contribution in [1.82, 2.24) is 9.55 Å². The first-order valence-corrected chi connectivity index (χ1v) is 8.67. The highest BCUT2D eigenvalue weighted by Crippen LogP contribution is 2.59. The molecule has 2 saturated heterocycles. The summed E-state index contributed by atoms with van der Waals surface area (Å²) in [6, 6.07) is 7.77. The Labute approximate surface area is 147 Å². The Morgan fingerprint density at radius 1 is 1.32 bits per heavy atom. The maximum atomic E-state index is 12.7. The van der Waals surface area contributed by atoms with Crippen molar-refractivity contribution in [2.24, 2.45) is 11.1 Å². The molecule has 3 heterocycles. The van der Waals surface area contributed by atoms with Gasteiger partial charge in [-0.05, 0) is 57.9 Å². The van der Waals surface area contributed by atoms with Gasteiger partial charge in [-0.2, -0.15) is 0 Å². The monoisotopic (exact) mass is 340 g/mol. The zero-order chi connectivity index (χ0) is 17.8. The average molecular weight is 340 g/mol. The second-order valence-corrected chi connectivity index (χ2v) is 7.56. The van der Waals surface area contributed by atoms with Gasteiger partial charge < -0.3 is 20.4 Å². The van der Waals surface area contributed by atoms with Gasteiger partial charge in [-0.3, -0.25) is 4.79 Å². The number of rotatable bonds is 4. The highest BCUT2D eigenvalue weighted by molar-refractivity contribution is 5.97. The van der Waals surface area contributed by atoms with Gasteiger partial charge in [-0.25, -0.2) is 4.98 Å². The quantitative estimate of drug-likeness (QED) is 0.895. The number of amides is 1. The second-order valence-electron chi connectivity index (χ2n) is 7.56. The van der Waals surface area contributed by atoms with Crippen molar-refractivity contribution in [3.05, 3.63) is 42.0 Å². The molecule has 3 aliphatic rings. The van der Waals surface area contributed by atoms with Crippen LogP contribution in [0.15, 0.2) is 30.6 Å². The Bertz CT molecular complexity index is 816. The Balaban J connectivity index is 1.46. The lowest BCUT2D eigenvalue weighted by Gasteiger charge is -2.45. The lowest BCUT2D eigenvalue weighted by molar-refractivity contribution is -0.130. The van der Waals surface area contributed by atoms with E-state index >= 15 is 0 Å². The number of hydrogen-bond donors (Lipinski definition) is 2. The zero-order valence-electron chi connectivity index (χ0n) is 14.9. The van der Waals surface area contributed by atoms with Gasteiger partial charge in [0, 0.05) is 23.1 Å². The molecular weight excluding hydrogens is 316 g/mol. The van der Waals surface area contributed by atoms with Crippen LogP contribution in [0.2, 0.25) is 0 Å². The minimum Gasteiger partial charge on any atom is -0.372 e. The summed E-state index contributed by atoms with van der Waals surface area (Å²) in [7, 11) is 0. The molecule has 6 heteroatoms. The number of carbonyl (C=O) groups excluding carboxylic acids is 1. The summed E-state index contributed by atoms with van der Waals surface area (Å²) in [6.07, 6.45) is 3.25.